The first-order valence-electron chi connectivity index (χ1n) is 10.4. The molecule has 3 aromatic carbocycles. The van der Waals surface area contributed by atoms with Crippen molar-refractivity contribution in [2.45, 2.75) is 6.10 Å². The quantitative estimate of drug-likeness (QED) is 0.424. The molecule has 5 nitrogen and oxygen atoms in total. The van der Waals surface area contributed by atoms with E-state index in [2.05, 4.69) is 21.4 Å². The monoisotopic (exact) mass is 419 g/mol. The molecule has 5 aromatic rings. The highest BCUT2D eigenvalue weighted by Crippen LogP contribution is 2.34. The third kappa shape index (κ3) is 3.70. The summed E-state index contributed by atoms with van der Waals surface area (Å²) in [4.78, 5) is 21.6. The van der Waals surface area contributed by atoms with E-state index in [-0.39, 0.29) is 12.5 Å². The highest BCUT2D eigenvalue weighted by atomic mass is 16.3. The van der Waals surface area contributed by atoms with Gasteiger partial charge in [-0.25, -0.2) is 0 Å². The Morgan fingerprint density at radius 1 is 0.844 bits per heavy atom. The zero-order chi connectivity index (χ0) is 21.9. The zero-order valence-electron chi connectivity index (χ0n) is 17.3. The summed E-state index contributed by atoms with van der Waals surface area (Å²) in [6, 6.07) is 25.3. The molecular weight excluding hydrogens is 398 g/mol. The van der Waals surface area contributed by atoms with Gasteiger partial charge < -0.3 is 10.4 Å². The van der Waals surface area contributed by atoms with Crippen LogP contribution in [0.4, 0.5) is 0 Å². The van der Waals surface area contributed by atoms with E-state index >= 15 is 0 Å². The molecule has 5 rings (SSSR count). The number of aliphatic hydroxyl groups is 1. The van der Waals surface area contributed by atoms with Crippen LogP contribution in [-0.4, -0.2) is 27.5 Å². The van der Waals surface area contributed by atoms with Crippen molar-refractivity contribution in [2.75, 3.05) is 6.54 Å². The van der Waals surface area contributed by atoms with Gasteiger partial charge in [0.05, 0.1) is 11.6 Å². The van der Waals surface area contributed by atoms with Gasteiger partial charge in [0.1, 0.15) is 0 Å². The summed E-state index contributed by atoms with van der Waals surface area (Å²) in [6.07, 6.45) is 4.22. The highest BCUT2D eigenvalue weighted by Gasteiger charge is 2.16. The Hall–Kier alpha value is -4.09. The van der Waals surface area contributed by atoms with Crippen molar-refractivity contribution < 1.29 is 9.90 Å². The number of hydrogen-bond donors (Lipinski definition) is 2. The van der Waals surface area contributed by atoms with E-state index in [1.165, 1.54) is 0 Å². The average Bonchev–Trinajstić information content (AvgIpc) is 2.86. The second kappa shape index (κ2) is 8.57. The summed E-state index contributed by atoms with van der Waals surface area (Å²) in [7, 11) is 0. The van der Waals surface area contributed by atoms with E-state index < -0.39 is 6.10 Å². The van der Waals surface area contributed by atoms with E-state index in [9.17, 15) is 9.90 Å². The number of aromatic nitrogens is 2. The van der Waals surface area contributed by atoms with Gasteiger partial charge in [0.2, 0.25) is 0 Å². The maximum absolute atomic E-state index is 13.0. The van der Waals surface area contributed by atoms with Crippen LogP contribution in [0.25, 0.3) is 32.8 Å². The molecule has 1 atom stereocenters. The molecule has 1 unspecified atom stereocenters. The number of benzene rings is 3. The maximum atomic E-state index is 13.0. The van der Waals surface area contributed by atoms with Gasteiger partial charge in [-0.2, -0.15) is 0 Å². The minimum atomic E-state index is -0.819. The average molecular weight is 419 g/mol. The van der Waals surface area contributed by atoms with Crippen molar-refractivity contribution in [1.82, 2.24) is 15.3 Å². The Balaban J connectivity index is 1.50. The Labute approximate surface area is 185 Å². The first-order chi connectivity index (χ1) is 15.7. The third-order valence-corrected chi connectivity index (χ3v) is 5.62. The lowest BCUT2D eigenvalue weighted by molar-refractivity contribution is 0.0918. The predicted molar refractivity (Wildman–Crippen MR) is 126 cm³/mol. The first-order valence-corrected chi connectivity index (χ1v) is 10.4. The second-order valence-electron chi connectivity index (χ2n) is 7.60. The van der Waals surface area contributed by atoms with Gasteiger partial charge in [-0.1, -0.05) is 60.7 Å². The van der Waals surface area contributed by atoms with Crippen LogP contribution in [0.3, 0.4) is 0 Å². The Kier molecular flexibility index (Phi) is 5.32. The maximum Gasteiger partial charge on any atom is 0.252 e. The molecule has 0 spiro atoms. The van der Waals surface area contributed by atoms with Crippen molar-refractivity contribution in [1.29, 1.82) is 0 Å². The molecule has 0 aliphatic heterocycles. The topological polar surface area (TPSA) is 75.1 Å². The molecular formula is C27H21N3O2. The lowest BCUT2D eigenvalue weighted by atomic mass is 9.93. The van der Waals surface area contributed by atoms with Crippen LogP contribution in [-0.2, 0) is 0 Å². The number of amides is 1. The summed E-state index contributed by atoms with van der Waals surface area (Å²) >= 11 is 0. The summed E-state index contributed by atoms with van der Waals surface area (Å²) in [6.45, 7) is 0.105. The zero-order valence-corrected chi connectivity index (χ0v) is 17.3. The minimum absolute atomic E-state index is 0.105. The standard InChI is InChI=1S/C27H21N3O2/c31-25(19-8-4-14-28-16-19)17-30-27(32)24-13-12-22(20-9-1-2-10-21(20)24)23-11-3-6-18-7-5-15-29-26(18)23/h1-16,25,31H,17H2,(H,30,32). The molecule has 156 valence electrons. The number of nitrogens with zero attached hydrogens (tertiary/aromatic N) is 2. The predicted octanol–water partition coefficient (Wildman–Crippen LogP) is 4.91. The van der Waals surface area contributed by atoms with Gasteiger partial charge in [-0.05, 0) is 34.5 Å². The van der Waals surface area contributed by atoms with Gasteiger partial charge in [0.15, 0.2) is 0 Å². The van der Waals surface area contributed by atoms with Crippen molar-refractivity contribution in [3.8, 4) is 11.1 Å². The molecule has 0 saturated heterocycles. The molecule has 2 N–H and O–H groups in total. The van der Waals surface area contributed by atoms with Crippen molar-refractivity contribution >= 4 is 27.6 Å². The fourth-order valence-electron chi connectivity index (χ4n) is 4.03. The molecule has 0 saturated carbocycles. The molecule has 0 bridgehead atoms. The third-order valence-electron chi connectivity index (χ3n) is 5.62. The van der Waals surface area contributed by atoms with E-state index in [1.54, 1.807) is 30.7 Å². The molecule has 1 amide bonds. The van der Waals surface area contributed by atoms with E-state index in [0.717, 1.165) is 32.8 Å². The number of carbonyl (C=O) groups excluding carboxylic acids is 1. The second-order valence-corrected chi connectivity index (χ2v) is 7.60. The highest BCUT2D eigenvalue weighted by molar-refractivity contribution is 6.12. The van der Waals surface area contributed by atoms with Gasteiger partial charge >= 0.3 is 0 Å². The molecule has 0 aliphatic rings. The van der Waals surface area contributed by atoms with Crippen molar-refractivity contribution in [2.24, 2.45) is 0 Å². The lowest BCUT2D eigenvalue weighted by Gasteiger charge is -2.15. The van der Waals surface area contributed by atoms with Crippen LogP contribution in [0.2, 0.25) is 0 Å². The summed E-state index contributed by atoms with van der Waals surface area (Å²) in [5.74, 6) is -0.230. The summed E-state index contributed by atoms with van der Waals surface area (Å²) in [5, 5.41) is 16.1. The molecule has 2 aromatic heterocycles. The number of nitrogens with one attached hydrogen (secondary N) is 1. The van der Waals surface area contributed by atoms with Crippen LogP contribution in [0.15, 0.2) is 97.5 Å². The van der Waals surface area contributed by atoms with E-state index in [4.69, 9.17) is 0 Å². The normalized spacial score (nSPS) is 12.0. The van der Waals surface area contributed by atoms with E-state index in [0.29, 0.717) is 11.1 Å². The van der Waals surface area contributed by atoms with Crippen molar-refractivity contribution in [3.63, 3.8) is 0 Å². The van der Waals surface area contributed by atoms with Crippen molar-refractivity contribution in [3.05, 3.63) is 109 Å². The van der Waals surface area contributed by atoms with Gasteiger partial charge in [0, 0.05) is 47.2 Å². The van der Waals surface area contributed by atoms with Crippen LogP contribution < -0.4 is 5.32 Å². The largest absolute Gasteiger partial charge is 0.387 e. The molecule has 32 heavy (non-hydrogen) atoms. The van der Waals surface area contributed by atoms with Gasteiger partial charge in [0.25, 0.3) is 5.91 Å². The fourth-order valence-corrected chi connectivity index (χ4v) is 4.03. The smallest absolute Gasteiger partial charge is 0.252 e. The number of carbonyl (C=O) groups is 1. The molecule has 0 fully saturated rings. The van der Waals surface area contributed by atoms with Crippen LogP contribution >= 0.6 is 0 Å². The fraction of sp³-hybridized carbons (Fsp3) is 0.0741. The minimum Gasteiger partial charge on any atom is -0.387 e. The molecule has 5 heteroatoms. The molecule has 2 heterocycles. The van der Waals surface area contributed by atoms with E-state index in [1.807, 2.05) is 60.7 Å². The van der Waals surface area contributed by atoms with Gasteiger partial charge in [-0.3, -0.25) is 14.8 Å². The Morgan fingerprint density at radius 2 is 1.66 bits per heavy atom. The number of pyridine rings is 2. The number of para-hydroxylation sites is 1. The Bertz CT molecular complexity index is 1410. The molecule has 0 aliphatic carbocycles. The summed E-state index contributed by atoms with van der Waals surface area (Å²) < 4.78 is 0. The van der Waals surface area contributed by atoms with Crippen LogP contribution in [0.5, 0.6) is 0 Å². The molecule has 0 radical (unpaired) electrons. The van der Waals surface area contributed by atoms with Crippen LogP contribution in [0.1, 0.15) is 22.0 Å². The number of rotatable bonds is 5. The first kappa shape index (κ1) is 19.8. The van der Waals surface area contributed by atoms with Crippen LogP contribution in [0, 0.1) is 0 Å². The Morgan fingerprint density at radius 3 is 2.50 bits per heavy atom. The number of hydrogen-bond acceptors (Lipinski definition) is 4. The SMILES string of the molecule is O=C(NCC(O)c1cccnc1)c1ccc(-c2cccc3cccnc23)c2ccccc12. The van der Waals surface area contributed by atoms with Gasteiger partial charge in [-0.15, -0.1) is 0 Å². The lowest BCUT2D eigenvalue weighted by Crippen LogP contribution is -2.28. The number of fused-ring (bicyclic) bond motifs is 2. The number of aliphatic hydroxyl groups excluding tert-OH is 1. The summed E-state index contributed by atoms with van der Waals surface area (Å²) in [5.41, 5.74) is 4.21.